The zero-order valence-electron chi connectivity index (χ0n) is 32.9. The molecule has 1 atom stereocenters. The minimum Gasteiger partial charge on any atom is -0.494 e. The monoisotopic (exact) mass is 812 g/mol. The van der Waals surface area contributed by atoms with Crippen molar-refractivity contribution >= 4 is 46.8 Å². The molecule has 4 aliphatic rings. The van der Waals surface area contributed by atoms with Crippen LogP contribution in [0.15, 0.2) is 54.6 Å². The second-order valence-corrected chi connectivity index (χ2v) is 16.9. The topological polar surface area (TPSA) is 161 Å². The van der Waals surface area contributed by atoms with E-state index in [1.807, 2.05) is 33.8 Å². The van der Waals surface area contributed by atoms with Gasteiger partial charge in [0.15, 0.2) is 0 Å². The highest BCUT2D eigenvalue weighted by atomic mass is 35.5. The van der Waals surface area contributed by atoms with Crippen molar-refractivity contribution in [3.8, 4) is 17.6 Å². The normalized spacial score (nSPS) is 22.5. The van der Waals surface area contributed by atoms with Gasteiger partial charge in [0.05, 0.1) is 33.9 Å². The molecule has 5 amide bonds. The zero-order chi connectivity index (χ0) is 41.5. The third-order valence-corrected chi connectivity index (χ3v) is 12.2. The van der Waals surface area contributed by atoms with Crippen LogP contribution in [0.3, 0.4) is 0 Å². The molecule has 3 fully saturated rings. The first-order valence-corrected chi connectivity index (χ1v) is 19.9. The summed E-state index contributed by atoms with van der Waals surface area (Å²) in [4.78, 5) is 68.7. The Morgan fingerprint density at radius 2 is 1.64 bits per heavy atom. The highest BCUT2D eigenvalue weighted by Crippen LogP contribution is 2.55. The standard InChI is InChI=1S/C43H46ClFN6O7/c1-42(2)40(43(3,4)41(42)58-28-9-7-25(24-46)32(44)23-28)48-36(53)30-11-8-26(21-33(30)45)50-18-16-49(17-19-50)15-5-6-20-57-27-10-12-29-31(22-27)39(56)51(38(29)55)34-13-14-35(52)47-37(34)54/h7-12,21-23,34,40-41H,5-6,13-20H2,1-4H3,(H,48,53)(H,47,52,54)/t34?,40-,41-. The lowest BCUT2D eigenvalue weighted by molar-refractivity contribution is -0.164. The minimum atomic E-state index is -1.02. The number of amides is 5. The predicted molar refractivity (Wildman–Crippen MR) is 212 cm³/mol. The van der Waals surface area contributed by atoms with Crippen LogP contribution < -0.4 is 25.0 Å². The van der Waals surface area contributed by atoms with Crippen LogP contribution >= 0.6 is 11.6 Å². The van der Waals surface area contributed by atoms with E-state index < -0.39 is 52.2 Å². The molecule has 0 bridgehead atoms. The van der Waals surface area contributed by atoms with E-state index in [4.69, 9.17) is 21.1 Å². The summed E-state index contributed by atoms with van der Waals surface area (Å²) in [6, 6.07) is 15.1. The maximum absolute atomic E-state index is 15.5. The average Bonchev–Trinajstić information content (AvgIpc) is 3.43. The number of nitrogens with zero attached hydrogens (tertiary/aromatic N) is 4. The van der Waals surface area contributed by atoms with Crippen LogP contribution in [0.5, 0.6) is 11.5 Å². The average molecular weight is 813 g/mol. The maximum Gasteiger partial charge on any atom is 0.262 e. The number of hydrogen-bond donors (Lipinski definition) is 2. The van der Waals surface area contributed by atoms with Gasteiger partial charge < -0.3 is 19.7 Å². The van der Waals surface area contributed by atoms with E-state index >= 15 is 4.39 Å². The fourth-order valence-corrected chi connectivity index (χ4v) is 9.30. The van der Waals surface area contributed by atoms with Crippen LogP contribution in [0, 0.1) is 28.0 Å². The number of fused-ring (bicyclic) bond motifs is 1. The van der Waals surface area contributed by atoms with Crippen molar-refractivity contribution in [3.63, 3.8) is 0 Å². The minimum absolute atomic E-state index is 0.0198. The molecule has 0 radical (unpaired) electrons. The molecule has 304 valence electrons. The van der Waals surface area contributed by atoms with E-state index in [1.54, 1.807) is 36.4 Å². The van der Waals surface area contributed by atoms with Gasteiger partial charge in [-0.25, -0.2) is 4.39 Å². The smallest absolute Gasteiger partial charge is 0.262 e. The Bertz CT molecular complexity index is 2200. The van der Waals surface area contributed by atoms with E-state index in [0.29, 0.717) is 41.8 Å². The van der Waals surface area contributed by atoms with E-state index in [1.165, 1.54) is 18.2 Å². The lowest BCUT2D eigenvalue weighted by Gasteiger charge is -2.63. The third-order valence-electron chi connectivity index (χ3n) is 11.9. The van der Waals surface area contributed by atoms with Crippen molar-refractivity contribution < 1.29 is 37.8 Å². The van der Waals surface area contributed by atoms with Gasteiger partial charge in [0, 0.05) is 61.2 Å². The van der Waals surface area contributed by atoms with Crippen LogP contribution in [0.2, 0.25) is 5.02 Å². The van der Waals surface area contributed by atoms with E-state index in [-0.39, 0.29) is 41.7 Å². The van der Waals surface area contributed by atoms with Crippen molar-refractivity contribution in [3.05, 3.63) is 87.7 Å². The quantitative estimate of drug-likeness (QED) is 0.180. The summed E-state index contributed by atoms with van der Waals surface area (Å²) < 4.78 is 27.7. The largest absolute Gasteiger partial charge is 0.494 e. The van der Waals surface area contributed by atoms with Crippen LogP contribution in [0.1, 0.15) is 90.0 Å². The Morgan fingerprint density at radius 3 is 2.31 bits per heavy atom. The van der Waals surface area contributed by atoms with Gasteiger partial charge in [-0.2, -0.15) is 5.26 Å². The maximum atomic E-state index is 15.5. The number of anilines is 1. The van der Waals surface area contributed by atoms with Gasteiger partial charge in [-0.3, -0.25) is 39.1 Å². The number of nitrogens with one attached hydrogen (secondary N) is 2. The summed E-state index contributed by atoms with van der Waals surface area (Å²) in [6.07, 6.45) is 1.50. The molecular formula is C43H46ClFN6O7. The summed E-state index contributed by atoms with van der Waals surface area (Å²) in [5.74, 6) is -2.29. The Balaban J connectivity index is 0.843. The van der Waals surface area contributed by atoms with Gasteiger partial charge in [-0.1, -0.05) is 39.3 Å². The molecule has 0 spiro atoms. The SMILES string of the molecule is CC1(C)[C@H](NC(=O)c2ccc(N3CCN(CCCCOc4ccc5c(c4)C(=O)N(C4CCC(=O)NC4=O)C5=O)CC3)cc2F)C(C)(C)[C@H]1Oc1ccc(C#N)c(Cl)c1. The Kier molecular flexibility index (Phi) is 11.2. The molecule has 3 aromatic rings. The second kappa shape index (κ2) is 16.0. The molecule has 0 aromatic heterocycles. The van der Waals surface area contributed by atoms with Crippen molar-refractivity contribution in [1.29, 1.82) is 5.26 Å². The summed E-state index contributed by atoms with van der Waals surface area (Å²) in [5, 5.41) is 14.8. The zero-order valence-corrected chi connectivity index (χ0v) is 33.7. The van der Waals surface area contributed by atoms with Crippen molar-refractivity contribution in [2.75, 3.05) is 44.2 Å². The van der Waals surface area contributed by atoms with Crippen molar-refractivity contribution in [2.45, 2.75) is 71.6 Å². The summed E-state index contributed by atoms with van der Waals surface area (Å²) in [7, 11) is 0. The van der Waals surface area contributed by atoms with Gasteiger partial charge in [-0.05, 0) is 74.3 Å². The number of hydrogen-bond acceptors (Lipinski definition) is 10. The number of rotatable bonds is 12. The van der Waals surface area contributed by atoms with Gasteiger partial charge in [0.1, 0.15) is 35.5 Å². The third kappa shape index (κ3) is 7.73. The Labute approximate surface area is 341 Å². The summed E-state index contributed by atoms with van der Waals surface area (Å²) in [5.41, 5.74) is 0.471. The number of carbonyl (C=O) groups excluding carboxylic acids is 5. The lowest BCUT2D eigenvalue weighted by atomic mass is 9.49. The molecule has 58 heavy (non-hydrogen) atoms. The van der Waals surface area contributed by atoms with Crippen molar-refractivity contribution in [2.24, 2.45) is 10.8 Å². The Hall–Kier alpha value is -5.52. The first-order valence-electron chi connectivity index (χ1n) is 19.5. The number of nitriles is 1. The summed E-state index contributed by atoms with van der Waals surface area (Å²) in [6.45, 7) is 12.2. The van der Waals surface area contributed by atoms with Crippen molar-refractivity contribution in [1.82, 2.24) is 20.4 Å². The molecule has 7 rings (SSSR count). The van der Waals surface area contributed by atoms with Gasteiger partial charge in [0.2, 0.25) is 11.8 Å². The summed E-state index contributed by atoms with van der Waals surface area (Å²) >= 11 is 6.22. The predicted octanol–water partition coefficient (Wildman–Crippen LogP) is 5.35. The molecule has 3 heterocycles. The number of carbonyl (C=O) groups is 5. The fraction of sp³-hybridized carbons (Fsp3) is 0.442. The van der Waals surface area contributed by atoms with Crippen LogP contribution in [0.25, 0.3) is 0 Å². The van der Waals surface area contributed by atoms with Gasteiger partial charge in [0.25, 0.3) is 17.7 Å². The number of imide groups is 2. The molecular weight excluding hydrogens is 767 g/mol. The number of ether oxygens (including phenoxy) is 2. The number of piperidine rings is 1. The number of piperazine rings is 1. The van der Waals surface area contributed by atoms with Crippen LogP contribution in [-0.4, -0.2) is 96.9 Å². The van der Waals surface area contributed by atoms with E-state index in [2.05, 4.69) is 20.4 Å². The van der Waals surface area contributed by atoms with Gasteiger partial charge >= 0.3 is 0 Å². The molecule has 2 saturated heterocycles. The van der Waals surface area contributed by atoms with E-state index in [9.17, 15) is 29.2 Å². The first kappa shape index (κ1) is 40.7. The van der Waals surface area contributed by atoms with Crippen LogP contribution in [-0.2, 0) is 9.59 Å². The fourth-order valence-electron chi connectivity index (χ4n) is 9.09. The number of unbranched alkanes of at least 4 members (excludes halogenated alkanes) is 1. The lowest BCUT2D eigenvalue weighted by Crippen LogP contribution is -2.74. The number of halogens is 2. The molecule has 3 aliphatic heterocycles. The number of benzene rings is 3. The molecule has 1 saturated carbocycles. The Morgan fingerprint density at radius 1 is 0.931 bits per heavy atom. The van der Waals surface area contributed by atoms with Crippen LogP contribution in [0.4, 0.5) is 10.1 Å². The molecule has 2 N–H and O–H groups in total. The molecule has 15 heteroatoms. The van der Waals surface area contributed by atoms with Gasteiger partial charge in [-0.15, -0.1) is 0 Å². The molecule has 3 aromatic carbocycles. The molecule has 1 aliphatic carbocycles. The molecule has 13 nitrogen and oxygen atoms in total. The first-order chi connectivity index (χ1) is 27.6. The van der Waals surface area contributed by atoms with E-state index in [0.717, 1.165) is 43.1 Å². The highest BCUT2D eigenvalue weighted by Gasteiger charge is 2.64. The molecule has 1 unspecified atom stereocenters. The second-order valence-electron chi connectivity index (χ2n) is 16.5. The highest BCUT2D eigenvalue weighted by molar-refractivity contribution is 6.31.